The molecule has 0 N–H and O–H groups in total. The lowest BCUT2D eigenvalue weighted by molar-refractivity contribution is 0.596. The van der Waals surface area contributed by atoms with Gasteiger partial charge in [0.2, 0.25) is 5.71 Å². The molecule has 0 aliphatic rings. The summed E-state index contributed by atoms with van der Waals surface area (Å²) in [6, 6.07) is 10.2. The molecule has 4 heterocycles. The molecule has 7 heteroatoms. The molecule has 0 amide bonds. The minimum absolute atomic E-state index is 0.0925. The summed E-state index contributed by atoms with van der Waals surface area (Å²) >= 11 is 0. The first-order valence-electron chi connectivity index (χ1n) is 8.60. The Kier molecular flexibility index (Phi) is 3.72. The van der Waals surface area contributed by atoms with Gasteiger partial charge in [0.05, 0.1) is 36.2 Å². The summed E-state index contributed by atoms with van der Waals surface area (Å²) in [5.74, 6) is -0.397. The molecule has 0 unspecified atom stereocenters. The van der Waals surface area contributed by atoms with E-state index in [1.807, 2.05) is 18.2 Å². The van der Waals surface area contributed by atoms with E-state index in [0.29, 0.717) is 27.7 Å². The third-order valence-electron chi connectivity index (χ3n) is 4.66. The third-order valence-corrected chi connectivity index (χ3v) is 4.66. The van der Waals surface area contributed by atoms with Crippen molar-refractivity contribution in [3.05, 3.63) is 89.3 Å². The van der Waals surface area contributed by atoms with Gasteiger partial charge in [-0.15, -0.1) is 0 Å². The average molecular weight is 372 g/mol. The Morgan fingerprint density at radius 3 is 2.86 bits per heavy atom. The van der Waals surface area contributed by atoms with Gasteiger partial charge in [-0.2, -0.15) is 0 Å². The molecule has 28 heavy (non-hydrogen) atoms. The second-order valence-electron chi connectivity index (χ2n) is 6.42. The van der Waals surface area contributed by atoms with Crippen molar-refractivity contribution in [2.24, 2.45) is 0 Å². The smallest absolute Gasteiger partial charge is 0.261 e. The number of pyridine rings is 2. The van der Waals surface area contributed by atoms with Crippen LogP contribution >= 0.6 is 0 Å². The van der Waals surface area contributed by atoms with Crippen molar-refractivity contribution >= 4 is 22.0 Å². The predicted molar refractivity (Wildman–Crippen MR) is 102 cm³/mol. The Hall–Kier alpha value is -3.87. The van der Waals surface area contributed by atoms with Crippen molar-refractivity contribution in [2.75, 3.05) is 0 Å². The topological polar surface area (TPSA) is 73.8 Å². The van der Waals surface area contributed by atoms with Gasteiger partial charge in [-0.1, -0.05) is 12.1 Å². The standard InChI is InChI=1S/C21H13FN4O2/c22-18-8-13(16-7-14-4-6-28-20(14)24-9-16)1-2-15(18)11-26-12-25-19-10-23-5-3-17(19)21(26)27/h1-10,12H,11H2. The van der Waals surface area contributed by atoms with Crippen LogP contribution in [0.1, 0.15) is 5.56 Å². The van der Waals surface area contributed by atoms with Crippen LogP contribution in [0.25, 0.3) is 33.1 Å². The van der Waals surface area contributed by atoms with Crippen LogP contribution < -0.4 is 5.56 Å². The van der Waals surface area contributed by atoms with E-state index in [-0.39, 0.29) is 12.1 Å². The van der Waals surface area contributed by atoms with Crippen LogP contribution in [0, 0.1) is 5.82 Å². The predicted octanol–water partition coefficient (Wildman–Crippen LogP) is 3.79. The van der Waals surface area contributed by atoms with Crippen LogP contribution in [0.4, 0.5) is 4.39 Å². The molecule has 0 fully saturated rings. The number of benzene rings is 1. The summed E-state index contributed by atoms with van der Waals surface area (Å²) in [5.41, 5.74) is 2.72. The Labute approximate surface area is 157 Å². The van der Waals surface area contributed by atoms with Gasteiger partial charge in [-0.25, -0.2) is 14.4 Å². The summed E-state index contributed by atoms with van der Waals surface area (Å²) in [5, 5.41) is 1.30. The number of aromatic nitrogens is 4. The quantitative estimate of drug-likeness (QED) is 0.482. The molecule has 0 saturated heterocycles. The molecule has 4 aromatic heterocycles. The van der Waals surface area contributed by atoms with Crippen LogP contribution in [0.2, 0.25) is 0 Å². The monoisotopic (exact) mass is 372 g/mol. The maximum Gasteiger partial charge on any atom is 0.261 e. The first-order chi connectivity index (χ1) is 13.7. The maximum atomic E-state index is 14.7. The highest BCUT2D eigenvalue weighted by atomic mass is 19.1. The molecular weight excluding hydrogens is 359 g/mol. The SMILES string of the molecule is O=c1c2ccncc2ncn1Cc1ccc(-c2cnc3occc3c2)cc1F. The van der Waals surface area contributed by atoms with E-state index in [0.717, 1.165) is 10.9 Å². The fourth-order valence-electron chi connectivity index (χ4n) is 3.18. The zero-order valence-electron chi connectivity index (χ0n) is 14.5. The summed E-state index contributed by atoms with van der Waals surface area (Å²) in [7, 11) is 0. The molecule has 0 radical (unpaired) electrons. The second-order valence-corrected chi connectivity index (χ2v) is 6.42. The van der Waals surface area contributed by atoms with Crippen molar-refractivity contribution < 1.29 is 8.81 Å². The van der Waals surface area contributed by atoms with Crippen LogP contribution in [0.15, 0.2) is 76.8 Å². The van der Waals surface area contributed by atoms with Crippen LogP contribution in [-0.2, 0) is 6.54 Å². The van der Waals surface area contributed by atoms with Gasteiger partial charge < -0.3 is 4.42 Å². The minimum Gasteiger partial charge on any atom is -0.446 e. The van der Waals surface area contributed by atoms with E-state index < -0.39 is 5.82 Å². The first kappa shape index (κ1) is 16.3. The highest BCUT2D eigenvalue weighted by Crippen LogP contribution is 2.25. The molecule has 0 bridgehead atoms. The maximum absolute atomic E-state index is 14.7. The molecule has 0 atom stereocenters. The second kappa shape index (κ2) is 6.38. The van der Waals surface area contributed by atoms with E-state index >= 15 is 0 Å². The minimum atomic E-state index is -0.397. The summed E-state index contributed by atoms with van der Waals surface area (Å²) in [4.78, 5) is 25.0. The molecule has 0 aliphatic carbocycles. The highest BCUT2D eigenvalue weighted by molar-refractivity contribution is 5.80. The molecule has 1 aromatic carbocycles. The lowest BCUT2D eigenvalue weighted by atomic mass is 10.0. The number of furan rings is 1. The Bertz CT molecular complexity index is 1390. The van der Waals surface area contributed by atoms with Gasteiger partial charge in [0.1, 0.15) is 5.82 Å². The molecular formula is C21H13FN4O2. The van der Waals surface area contributed by atoms with E-state index in [9.17, 15) is 9.18 Å². The van der Waals surface area contributed by atoms with Crippen molar-refractivity contribution in [3.63, 3.8) is 0 Å². The summed E-state index contributed by atoms with van der Waals surface area (Å²) in [6.45, 7) is 0.0925. The van der Waals surface area contributed by atoms with Gasteiger partial charge in [-0.3, -0.25) is 14.3 Å². The average Bonchev–Trinajstić information content (AvgIpc) is 3.19. The van der Waals surface area contributed by atoms with E-state index in [2.05, 4.69) is 15.0 Å². The van der Waals surface area contributed by atoms with Gasteiger partial charge in [0.15, 0.2) is 0 Å². The van der Waals surface area contributed by atoms with Crippen LogP contribution in [0.5, 0.6) is 0 Å². The van der Waals surface area contributed by atoms with E-state index in [4.69, 9.17) is 4.42 Å². The molecule has 136 valence electrons. The Balaban J connectivity index is 1.50. The van der Waals surface area contributed by atoms with Gasteiger partial charge >= 0.3 is 0 Å². The summed E-state index contributed by atoms with van der Waals surface area (Å²) < 4.78 is 21.4. The van der Waals surface area contributed by atoms with E-state index in [1.165, 1.54) is 29.4 Å². The first-order valence-corrected chi connectivity index (χ1v) is 8.60. The third kappa shape index (κ3) is 2.73. The van der Waals surface area contributed by atoms with Crippen molar-refractivity contribution in [1.29, 1.82) is 0 Å². The fourth-order valence-corrected chi connectivity index (χ4v) is 3.18. The highest BCUT2D eigenvalue weighted by Gasteiger charge is 2.10. The number of hydrogen-bond acceptors (Lipinski definition) is 5. The largest absolute Gasteiger partial charge is 0.446 e. The Morgan fingerprint density at radius 2 is 1.96 bits per heavy atom. The van der Waals surface area contributed by atoms with Gasteiger partial charge in [0, 0.05) is 28.9 Å². The van der Waals surface area contributed by atoms with Crippen LogP contribution in [-0.4, -0.2) is 19.5 Å². The number of hydrogen-bond donors (Lipinski definition) is 0. The Morgan fingerprint density at radius 1 is 1.04 bits per heavy atom. The normalized spacial score (nSPS) is 11.3. The molecule has 0 aliphatic heterocycles. The van der Waals surface area contributed by atoms with Crippen LogP contribution in [0.3, 0.4) is 0 Å². The number of nitrogens with zero attached hydrogens (tertiary/aromatic N) is 4. The lowest BCUT2D eigenvalue weighted by Gasteiger charge is -2.09. The molecule has 0 saturated carbocycles. The van der Waals surface area contributed by atoms with Crippen molar-refractivity contribution in [2.45, 2.75) is 6.54 Å². The zero-order chi connectivity index (χ0) is 19.1. The number of fused-ring (bicyclic) bond motifs is 2. The lowest BCUT2D eigenvalue weighted by Crippen LogP contribution is -2.21. The molecule has 5 aromatic rings. The van der Waals surface area contributed by atoms with Crippen molar-refractivity contribution in [3.8, 4) is 11.1 Å². The zero-order valence-corrected chi connectivity index (χ0v) is 14.5. The summed E-state index contributed by atoms with van der Waals surface area (Å²) in [6.07, 6.45) is 7.69. The van der Waals surface area contributed by atoms with Crippen molar-refractivity contribution in [1.82, 2.24) is 19.5 Å². The van der Waals surface area contributed by atoms with Gasteiger partial charge in [0.25, 0.3) is 5.56 Å². The van der Waals surface area contributed by atoms with Gasteiger partial charge in [-0.05, 0) is 29.8 Å². The van der Waals surface area contributed by atoms with E-state index in [1.54, 1.807) is 24.6 Å². The molecule has 5 rings (SSSR count). The number of halogens is 1. The molecule has 6 nitrogen and oxygen atoms in total. The fraction of sp³-hybridized carbons (Fsp3) is 0.0476. The molecule has 0 spiro atoms. The number of rotatable bonds is 3.